The van der Waals surface area contributed by atoms with Crippen molar-refractivity contribution in [1.82, 2.24) is 15.0 Å². The quantitative estimate of drug-likeness (QED) is 0.839. The van der Waals surface area contributed by atoms with Crippen molar-refractivity contribution in [3.63, 3.8) is 0 Å². The van der Waals surface area contributed by atoms with Gasteiger partial charge in [-0.05, 0) is 19.9 Å². The van der Waals surface area contributed by atoms with Crippen LogP contribution in [0, 0.1) is 25.2 Å². The van der Waals surface area contributed by atoms with Gasteiger partial charge in [0, 0.05) is 11.9 Å². The first-order valence-corrected chi connectivity index (χ1v) is 5.30. The fourth-order valence-corrected chi connectivity index (χ4v) is 1.68. The molecular formula is C12H13N5. The molecule has 0 aliphatic heterocycles. The summed E-state index contributed by atoms with van der Waals surface area (Å²) in [7, 11) is 0. The summed E-state index contributed by atoms with van der Waals surface area (Å²) in [5.41, 5.74) is 4.02. The fourth-order valence-electron chi connectivity index (χ4n) is 1.68. The largest absolute Gasteiger partial charge is 0.378 e. The minimum atomic E-state index is 0.593. The Hall–Kier alpha value is -2.35. The van der Waals surface area contributed by atoms with Crippen molar-refractivity contribution < 1.29 is 0 Å². The van der Waals surface area contributed by atoms with Gasteiger partial charge in [0.05, 0.1) is 35.5 Å². The molecule has 0 saturated heterocycles. The van der Waals surface area contributed by atoms with Crippen LogP contribution in [0.25, 0.3) is 0 Å². The number of H-pyrrole nitrogens is 1. The first-order chi connectivity index (χ1) is 8.20. The molecule has 0 aliphatic carbocycles. The monoisotopic (exact) mass is 227 g/mol. The van der Waals surface area contributed by atoms with Crippen LogP contribution in [0.5, 0.6) is 0 Å². The number of aryl methyl sites for hydroxylation is 2. The van der Waals surface area contributed by atoms with Gasteiger partial charge in [-0.1, -0.05) is 0 Å². The van der Waals surface area contributed by atoms with Crippen LogP contribution >= 0.6 is 0 Å². The standard InChI is InChI=1S/C12H13N5/c1-8-3-12(11(4-13)9(2)17-8)15-6-10-5-14-7-16-10/h3,5,7H,6H2,1-2H3,(H,14,16)(H,15,17). The van der Waals surface area contributed by atoms with Crippen LogP contribution in [0.3, 0.4) is 0 Å². The number of hydrogen-bond donors (Lipinski definition) is 2. The Morgan fingerprint density at radius 1 is 1.47 bits per heavy atom. The Balaban J connectivity index is 2.23. The lowest BCUT2D eigenvalue weighted by atomic mass is 10.1. The van der Waals surface area contributed by atoms with Crippen molar-refractivity contribution in [2.45, 2.75) is 20.4 Å². The molecule has 0 unspecified atom stereocenters. The molecule has 0 amide bonds. The number of imidazole rings is 1. The Morgan fingerprint density at radius 3 is 2.94 bits per heavy atom. The Labute approximate surface area is 99.5 Å². The normalized spacial score (nSPS) is 9.94. The summed E-state index contributed by atoms with van der Waals surface area (Å²) in [5.74, 6) is 0. The molecule has 5 heteroatoms. The molecule has 17 heavy (non-hydrogen) atoms. The van der Waals surface area contributed by atoms with Crippen LogP contribution in [0.15, 0.2) is 18.6 Å². The zero-order chi connectivity index (χ0) is 12.3. The van der Waals surface area contributed by atoms with E-state index >= 15 is 0 Å². The van der Waals surface area contributed by atoms with Crippen LogP contribution in [-0.2, 0) is 6.54 Å². The Bertz CT molecular complexity index is 551. The first-order valence-electron chi connectivity index (χ1n) is 5.30. The molecule has 0 radical (unpaired) electrons. The van der Waals surface area contributed by atoms with Gasteiger partial charge in [-0.25, -0.2) is 4.98 Å². The number of anilines is 1. The van der Waals surface area contributed by atoms with E-state index in [0.717, 1.165) is 22.8 Å². The zero-order valence-corrected chi connectivity index (χ0v) is 9.78. The first kappa shape index (κ1) is 11.1. The number of aromatic amines is 1. The van der Waals surface area contributed by atoms with Crippen molar-refractivity contribution in [2.75, 3.05) is 5.32 Å². The molecule has 2 aromatic heterocycles. The number of nitrogens with one attached hydrogen (secondary N) is 2. The average Bonchev–Trinajstić information content (AvgIpc) is 2.78. The highest BCUT2D eigenvalue weighted by atomic mass is 14.9. The molecular weight excluding hydrogens is 214 g/mol. The number of pyridine rings is 1. The van der Waals surface area contributed by atoms with Gasteiger partial charge in [0.2, 0.25) is 0 Å². The van der Waals surface area contributed by atoms with Crippen molar-refractivity contribution in [1.29, 1.82) is 5.26 Å². The molecule has 0 spiro atoms. The molecule has 86 valence electrons. The summed E-state index contributed by atoms with van der Waals surface area (Å²) in [4.78, 5) is 11.2. The number of aromatic nitrogens is 3. The van der Waals surface area contributed by atoms with E-state index in [1.807, 2.05) is 19.9 Å². The Morgan fingerprint density at radius 2 is 2.29 bits per heavy atom. The summed E-state index contributed by atoms with van der Waals surface area (Å²) in [5, 5.41) is 12.3. The van der Waals surface area contributed by atoms with Gasteiger partial charge >= 0.3 is 0 Å². The van der Waals surface area contributed by atoms with E-state index in [2.05, 4.69) is 26.3 Å². The maximum atomic E-state index is 9.10. The minimum absolute atomic E-state index is 0.593. The van der Waals surface area contributed by atoms with Gasteiger partial charge in [0.15, 0.2) is 0 Å². The minimum Gasteiger partial charge on any atom is -0.378 e. The smallest absolute Gasteiger partial charge is 0.103 e. The molecule has 0 aromatic carbocycles. The van der Waals surface area contributed by atoms with E-state index < -0.39 is 0 Å². The van der Waals surface area contributed by atoms with Crippen molar-refractivity contribution >= 4 is 5.69 Å². The van der Waals surface area contributed by atoms with E-state index in [-0.39, 0.29) is 0 Å². The van der Waals surface area contributed by atoms with Crippen molar-refractivity contribution in [3.05, 3.63) is 41.2 Å². The van der Waals surface area contributed by atoms with Gasteiger partial charge in [-0.2, -0.15) is 5.26 Å². The molecule has 5 nitrogen and oxygen atoms in total. The molecule has 2 heterocycles. The van der Waals surface area contributed by atoms with Crippen molar-refractivity contribution in [3.8, 4) is 6.07 Å². The van der Waals surface area contributed by atoms with E-state index in [9.17, 15) is 0 Å². The number of rotatable bonds is 3. The molecule has 2 N–H and O–H groups in total. The zero-order valence-electron chi connectivity index (χ0n) is 9.78. The topological polar surface area (TPSA) is 77.4 Å². The summed E-state index contributed by atoms with van der Waals surface area (Å²) >= 11 is 0. The van der Waals surface area contributed by atoms with E-state index in [4.69, 9.17) is 5.26 Å². The summed E-state index contributed by atoms with van der Waals surface area (Å²) in [6.07, 6.45) is 3.38. The molecule has 0 bridgehead atoms. The van der Waals surface area contributed by atoms with Gasteiger partial charge in [-0.15, -0.1) is 0 Å². The number of nitriles is 1. The molecule has 2 aromatic rings. The molecule has 0 fully saturated rings. The maximum absolute atomic E-state index is 9.10. The predicted molar refractivity (Wildman–Crippen MR) is 64.3 cm³/mol. The lowest BCUT2D eigenvalue weighted by Gasteiger charge is -2.09. The second-order valence-corrected chi connectivity index (χ2v) is 3.81. The van der Waals surface area contributed by atoms with E-state index in [1.165, 1.54) is 0 Å². The molecule has 0 aliphatic rings. The average molecular weight is 227 g/mol. The van der Waals surface area contributed by atoms with Crippen LogP contribution in [0.1, 0.15) is 22.6 Å². The third-order valence-corrected chi connectivity index (χ3v) is 2.46. The van der Waals surface area contributed by atoms with E-state index in [0.29, 0.717) is 12.1 Å². The number of hydrogen-bond acceptors (Lipinski definition) is 4. The third-order valence-electron chi connectivity index (χ3n) is 2.46. The number of nitrogens with zero attached hydrogens (tertiary/aromatic N) is 3. The second-order valence-electron chi connectivity index (χ2n) is 3.81. The lowest BCUT2D eigenvalue weighted by Crippen LogP contribution is -2.04. The highest BCUT2D eigenvalue weighted by molar-refractivity contribution is 5.59. The summed E-state index contributed by atoms with van der Waals surface area (Å²) < 4.78 is 0. The van der Waals surface area contributed by atoms with Gasteiger partial charge in [0.25, 0.3) is 0 Å². The highest BCUT2D eigenvalue weighted by Gasteiger charge is 2.07. The fraction of sp³-hybridized carbons (Fsp3) is 0.250. The van der Waals surface area contributed by atoms with Crippen LogP contribution < -0.4 is 5.32 Å². The summed E-state index contributed by atoms with van der Waals surface area (Å²) in [6, 6.07) is 4.05. The van der Waals surface area contributed by atoms with Crippen molar-refractivity contribution in [2.24, 2.45) is 0 Å². The van der Waals surface area contributed by atoms with Gasteiger partial charge in [0.1, 0.15) is 6.07 Å². The van der Waals surface area contributed by atoms with Crippen LogP contribution in [0.4, 0.5) is 5.69 Å². The maximum Gasteiger partial charge on any atom is 0.103 e. The van der Waals surface area contributed by atoms with Crippen LogP contribution in [0.2, 0.25) is 0 Å². The third kappa shape index (κ3) is 2.42. The van der Waals surface area contributed by atoms with Gasteiger partial charge < -0.3 is 10.3 Å². The van der Waals surface area contributed by atoms with Gasteiger partial charge in [-0.3, -0.25) is 4.98 Å². The second kappa shape index (κ2) is 4.66. The molecule has 0 saturated carbocycles. The molecule has 2 rings (SSSR count). The predicted octanol–water partition coefficient (Wildman–Crippen LogP) is 1.91. The molecule has 0 atom stereocenters. The SMILES string of the molecule is Cc1cc(NCc2cnc[nH]2)c(C#N)c(C)n1. The van der Waals surface area contributed by atoms with E-state index in [1.54, 1.807) is 12.5 Å². The summed E-state index contributed by atoms with van der Waals surface area (Å²) in [6.45, 7) is 4.36. The lowest BCUT2D eigenvalue weighted by molar-refractivity contribution is 1.05. The van der Waals surface area contributed by atoms with Crippen LogP contribution in [-0.4, -0.2) is 15.0 Å². The highest BCUT2D eigenvalue weighted by Crippen LogP contribution is 2.19. The Kier molecular flexibility index (Phi) is 3.06.